The minimum Gasteiger partial charge on any atom is -0.497 e. The smallest absolute Gasteiger partial charge is 0.143 e. The van der Waals surface area contributed by atoms with Gasteiger partial charge in [0.2, 0.25) is 0 Å². The molecule has 0 aromatic heterocycles. The van der Waals surface area contributed by atoms with Crippen molar-refractivity contribution in [1.82, 2.24) is 4.90 Å². The van der Waals surface area contributed by atoms with Crippen LogP contribution in [0.2, 0.25) is 0 Å². The number of hydrogen-bond acceptors (Lipinski definition) is 5. The molecule has 0 aliphatic heterocycles. The Hall–Kier alpha value is -2.86. The molecule has 0 saturated carbocycles. The molecule has 0 heterocycles. The van der Waals surface area contributed by atoms with Gasteiger partial charge in [0.1, 0.15) is 17.1 Å². The van der Waals surface area contributed by atoms with Crippen molar-refractivity contribution in [3.05, 3.63) is 95.6 Å². The van der Waals surface area contributed by atoms with Crippen molar-refractivity contribution in [2.45, 2.75) is 11.7 Å². The summed E-state index contributed by atoms with van der Waals surface area (Å²) in [5, 5.41) is 0. The van der Waals surface area contributed by atoms with E-state index < -0.39 is 5.60 Å². The van der Waals surface area contributed by atoms with E-state index in [4.69, 9.17) is 18.9 Å². The maximum atomic E-state index is 6.86. The molecule has 0 N–H and O–H groups in total. The van der Waals surface area contributed by atoms with Crippen molar-refractivity contribution >= 4 is 0 Å². The summed E-state index contributed by atoms with van der Waals surface area (Å²) in [6, 6.07) is 26.4. The Morgan fingerprint density at radius 1 is 0.688 bits per heavy atom. The number of ether oxygens (including phenoxy) is 4. The molecule has 0 radical (unpaired) electrons. The zero-order valence-electron chi connectivity index (χ0n) is 19.6. The maximum absolute atomic E-state index is 6.86. The number of methoxy groups -OCH3 is 3. The molecule has 0 spiro atoms. The lowest BCUT2D eigenvalue weighted by Crippen LogP contribution is -2.39. The van der Waals surface area contributed by atoms with Gasteiger partial charge in [-0.2, -0.15) is 0 Å². The van der Waals surface area contributed by atoms with Crippen LogP contribution in [-0.2, 0) is 15.1 Å². The van der Waals surface area contributed by atoms with E-state index in [0.29, 0.717) is 6.61 Å². The number of likely N-dealkylation sites (N-methyl/N-ethyl adjacent to an activating group) is 1. The van der Waals surface area contributed by atoms with Crippen LogP contribution in [0.15, 0.2) is 78.9 Å². The molecule has 32 heavy (non-hydrogen) atoms. The molecule has 0 saturated heterocycles. The summed E-state index contributed by atoms with van der Waals surface area (Å²) in [5.41, 5.74) is 2.22. The summed E-state index contributed by atoms with van der Waals surface area (Å²) in [7, 11) is 9.13. The van der Waals surface area contributed by atoms with Crippen molar-refractivity contribution in [3.8, 4) is 11.5 Å². The molecule has 0 aliphatic rings. The molecule has 3 aromatic rings. The fourth-order valence-electron chi connectivity index (χ4n) is 3.89. The van der Waals surface area contributed by atoms with Crippen molar-refractivity contribution in [2.24, 2.45) is 0 Å². The molecule has 0 aliphatic carbocycles. The van der Waals surface area contributed by atoms with Crippen LogP contribution in [0.5, 0.6) is 11.5 Å². The van der Waals surface area contributed by atoms with E-state index in [2.05, 4.69) is 41.3 Å². The van der Waals surface area contributed by atoms with Gasteiger partial charge in [-0.05, 0) is 55.1 Å². The van der Waals surface area contributed by atoms with Crippen LogP contribution in [0.3, 0.4) is 0 Å². The first-order chi connectivity index (χ1) is 15.5. The first-order valence-electron chi connectivity index (χ1n) is 10.7. The predicted molar refractivity (Wildman–Crippen MR) is 128 cm³/mol. The largest absolute Gasteiger partial charge is 0.497 e. The highest BCUT2D eigenvalue weighted by Gasteiger charge is 2.38. The third-order valence-corrected chi connectivity index (χ3v) is 5.56. The first-order valence-corrected chi connectivity index (χ1v) is 10.7. The monoisotopic (exact) mass is 435 g/mol. The number of hydrogen-bond donors (Lipinski definition) is 0. The summed E-state index contributed by atoms with van der Waals surface area (Å²) in [4.78, 5) is 2.10. The van der Waals surface area contributed by atoms with Gasteiger partial charge in [-0.1, -0.05) is 54.6 Å². The molecule has 0 fully saturated rings. The minimum absolute atomic E-state index is 0.0791. The lowest BCUT2D eigenvalue weighted by Gasteiger charge is -2.37. The van der Waals surface area contributed by atoms with Crippen LogP contribution >= 0.6 is 0 Å². The van der Waals surface area contributed by atoms with Crippen molar-refractivity contribution in [1.29, 1.82) is 0 Å². The van der Waals surface area contributed by atoms with Crippen LogP contribution in [0.4, 0.5) is 0 Å². The Balaban J connectivity index is 2.16. The van der Waals surface area contributed by atoms with Crippen molar-refractivity contribution < 1.29 is 18.9 Å². The number of nitrogens with zero attached hydrogens (tertiary/aromatic N) is 1. The fourth-order valence-corrected chi connectivity index (χ4v) is 3.89. The summed E-state index contributed by atoms with van der Waals surface area (Å²) < 4.78 is 23.4. The Morgan fingerprint density at radius 3 is 1.56 bits per heavy atom. The van der Waals surface area contributed by atoms with Gasteiger partial charge < -0.3 is 23.8 Å². The van der Waals surface area contributed by atoms with Crippen LogP contribution in [0.1, 0.15) is 16.7 Å². The van der Waals surface area contributed by atoms with E-state index >= 15 is 0 Å². The van der Waals surface area contributed by atoms with Gasteiger partial charge in [0.25, 0.3) is 0 Å². The fraction of sp³-hybridized carbons (Fsp3) is 0.333. The Kier molecular flexibility index (Phi) is 8.28. The molecule has 0 bridgehead atoms. The number of rotatable bonds is 11. The molecule has 3 aromatic carbocycles. The zero-order chi connectivity index (χ0) is 23.0. The quantitative estimate of drug-likeness (QED) is 0.412. The minimum atomic E-state index is -0.830. The second kappa shape index (κ2) is 11.1. The lowest BCUT2D eigenvalue weighted by molar-refractivity contribution is -0.0574. The summed E-state index contributed by atoms with van der Waals surface area (Å²) in [6.07, 6.45) is -0.0791. The van der Waals surface area contributed by atoms with Crippen molar-refractivity contribution in [3.63, 3.8) is 0 Å². The van der Waals surface area contributed by atoms with E-state index in [0.717, 1.165) is 34.7 Å². The molecular weight excluding hydrogens is 402 g/mol. The van der Waals surface area contributed by atoms with E-state index in [1.165, 1.54) is 0 Å². The molecule has 0 amide bonds. The molecule has 5 nitrogen and oxygen atoms in total. The maximum Gasteiger partial charge on any atom is 0.143 e. The second-order valence-corrected chi connectivity index (χ2v) is 7.94. The molecule has 1 atom stereocenters. The van der Waals surface area contributed by atoms with Gasteiger partial charge in [-0.3, -0.25) is 0 Å². The molecule has 170 valence electrons. The van der Waals surface area contributed by atoms with Crippen LogP contribution in [0.25, 0.3) is 0 Å². The van der Waals surface area contributed by atoms with E-state index in [1.807, 2.05) is 56.6 Å². The Morgan fingerprint density at radius 2 is 1.16 bits per heavy atom. The van der Waals surface area contributed by atoms with Gasteiger partial charge in [-0.25, -0.2) is 0 Å². The molecular formula is C27H33NO4. The van der Waals surface area contributed by atoms with Gasteiger partial charge in [0.15, 0.2) is 0 Å². The van der Waals surface area contributed by atoms with E-state index in [9.17, 15) is 0 Å². The van der Waals surface area contributed by atoms with Gasteiger partial charge in [0, 0.05) is 13.7 Å². The standard InChI is InChI=1S/C27H33NO4/c1-28(2)19-26(31-5)20-32-27(21-9-7-6-8-10-21,22-11-15-24(29-3)16-12-22)23-13-17-25(30-4)18-14-23/h6-18,26H,19-20H2,1-5H3. The first kappa shape index (κ1) is 23.8. The van der Waals surface area contributed by atoms with E-state index in [-0.39, 0.29) is 6.10 Å². The van der Waals surface area contributed by atoms with Crippen LogP contribution in [-0.4, -0.2) is 59.6 Å². The molecule has 5 heteroatoms. The summed E-state index contributed by atoms with van der Waals surface area (Å²) in [5.74, 6) is 1.60. The van der Waals surface area contributed by atoms with E-state index in [1.54, 1.807) is 21.3 Å². The average Bonchev–Trinajstić information content (AvgIpc) is 2.84. The van der Waals surface area contributed by atoms with Gasteiger partial charge >= 0.3 is 0 Å². The average molecular weight is 436 g/mol. The highest BCUT2D eigenvalue weighted by Crippen LogP contribution is 2.41. The zero-order valence-corrected chi connectivity index (χ0v) is 19.6. The Bertz CT molecular complexity index is 892. The Labute approximate surface area is 191 Å². The predicted octanol–water partition coefficient (Wildman–Crippen LogP) is 4.59. The highest BCUT2D eigenvalue weighted by molar-refractivity contribution is 5.49. The number of benzene rings is 3. The normalized spacial score (nSPS) is 12.6. The molecule has 1 unspecified atom stereocenters. The lowest BCUT2D eigenvalue weighted by atomic mass is 9.80. The highest BCUT2D eigenvalue weighted by atomic mass is 16.5. The summed E-state index contributed by atoms with van der Waals surface area (Å²) >= 11 is 0. The third-order valence-electron chi connectivity index (χ3n) is 5.56. The van der Waals surface area contributed by atoms with Crippen LogP contribution < -0.4 is 9.47 Å². The molecule has 3 rings (SSSR count). The van der Waals surface area contributed by atoms with Crippen LogP contribution in [0, 0.1) is 0 Å². The van der Waals surface area contributed by atoms with Crippen molar-refractivity contribution in [2.75, 3.05) is 48.6 Å². The third kappa shape index (κ3) is 5.30. The summed E-state index contributed by atoms with van der Waals surface area (Å²) in [6.45, 7) is 1.17. The second-order valence-electron chi connectivity index (χ2n) is 7.94. The van der Waals surface area contributed by atoms with Gasteiger partial charge in [0.05, 0.1) is 26.9 Å². The SMILES string of the molecule is COc1ccc(C(OCC(CN(C)C)OC)(c2ccccc2)c2ccc(OC)cc2)cc1. The topological polar surface area (TPSA) is 40.2 Å². The van der Waals surface area contributed by atoms with Gasteiger partial charge in [-0.15, -0.1) is 0 Å².